The second-order valence-electron chi connectivity index (χ2n) is 4.43. The molecule has 0 radical (unpaired) electrons. The van der Waals surface area contributed by atoms with Crippen LogP contribution >= 0.6 is 15.9 Å². The maximum absolute atomic E-state index is 12.2. The molecule has 1 fully saturated rings. The maximum Gasteiger partial charge on any atom is 0.243 e. The number of anilines is 1. The molecule has 0 saturated carbocycles. The average molecular weight is 342 g/mol. The summed E-state index contributed by atoms with van der Waals surface area (Å²) < 4.78 is 6.01. The van der Waals surface area contributed by atoms with Crippen LogP contribution in [0.2, 0.25) is 0 Å². The van der Waals surface area contributed by atoms with Crippen molar-refractivity contribution in [3.63, 3.8) is 0 Å². The number of ether oxygens (including phenoxy) is 1. The quantitative estimate of drug-likeness (QED) is 0.750. The van der Waals surface area contributed by atoms with Crippen LogP contribution in [0.15, 0.2) is 22.7 Å². The Hall–Kier alpha value is -1.44. The smallest absolute Gasteiger partial charge is 0.243 e. The van der Waals surface area contributed by atoms with Crippen molar-refractivity contribution >= 4 is 33.4 Å². The summed E-state index contributed by atoms with van der Waals surface area (Å²) in [6.07, 6.45) is 0. The molecular formula is C13H16BrN3O3. The number of piperazine rings is 1. The van der Waals surface area contributed by atoms with Gasteiger partial charge in [-0.15, -0.1) is 0 Å². The highest BCUT2D eigenvalue weighted by Crippen LogP contribution is 2.25. The molecule has 1 aromatic rings. The molecule has 1 aliphatic rings. The summed E-state index contributed by atoms with van der Waals surface area (Å²) in [7, 11) is 1.60. The molecule has 1 aromatic carbocycles. The third-order valence-corrected chi connectivity index (χ3v) is 3.74. The number of hydrogen-bond donors (Lipinski definition) is 3. The molecule has 1 heterocycles. The van der Waals surface area contributed by atoms with Gasteiger partial charge in [0.1, 0.15) is 6.04 Å². The first-order valence-corrected chi connectivity index (χ1v) is 6.98. The molecule has 0 aromatic heterocycles. The monoisotopic (exact) mass is 341 g/mol. The van der Waals surface area contributed by atoms with Crippen molar-refractivity contribution in [3.05, 3.63) is 28.2 Å². The van der Waals surface area contributed by atoms with Crippen LogP contribution in [0.4, 0.5) is 5.69 Å². The van der Waals surface area contributed by atoms with Gasteiger partial charge in [0.2, 0.25) is 11.8 Å². The van der Waals surface area contributed by atoms with E-state index in [1.807, 2.05) is 18.2 Å². The Morgan fingerprint density at radius 2 is 2.35 bits per heavy atom. The average Bonchev–Trinajstić information content (AvgIpc) is 2.43. The molecule has 108 valence electrons. The van der Waals surface area contributed by atoms with Crippen LogP contribution in [0.1, 0.15) is 5.56 Å². The van der Waals surface area contributed by atoms with Crippen molar-refractivity contribution in [2.75, 3.05) is 25.5 Å². The Morgan fingerprint density at radius 1 is 1.55 bits per heavy atom. The van der Waals surface area contributed by atoms with Crippen LogP contribution in [0, 0.1) is 0 Å². The lowest BCUT2D eigenvalue weighted by Crippen LogP contribution is -2.56. The molecule has 1 unspecified atom stereocenters. The lowest BCUT2D eigenvalue weighted by atomic mass is 10.1. The standard InChI is InChI=1S/C13H16BrN3O3/c1-20-7-8-9(14)3-2-4-10(8)17-13(19)11-5-16-12(18)6-15-11/h2-4,11,15H,5-7H2,1H3,(H,16,18)(H,17,19). The van der Waals surface area contributed by atoms with Gasteiger partial charge in [0.05, 0.1) is 13.2 Å². The van der Waals surface area contributed by atoms with Crippen molar-refractivity contribution in [1.29, 1.82) is 0 Å². The first-order valence-electron chi connectivity index (χ1n) is 6.19. The van der Waals surface area contributed by atoms with E-state index in [9.17, 15) is 9.59 Å². The third-order valence-electron chi connectivity index (χ3n) is 2.99. The summed E-state index contributed by atoms with van der Waals surface area (Å²) >= 11 is 3.44. The van der Waals surface area contributed by atoms with Crippen LogP contribution < -0.4 is 16.0 Å². The van der Waals surface area contributed by atoms with Gasteiger partial charge in [-0.3, -0.25) is 14.9 Å². The van der Waals surface area contributed by atoms with Gasteiger partial charge in [-0.05, 0) is 12.1 Å². The Balaban J connectivity index is 2.07. The highest BCUT2D eigenvalue weighted by molar-refractivity contribution is 9.10. The first kappa shape index (κ1) is 15.0. The normalized spacial score (nSPS) is 18.5. The zero-order valence-electron chi connectivity index (χ0n) is 11.0. The van der Waals surface area contributed by atoms with Gasteiger partial charge >= 0.3 is 0 Å². The zero-order valence-corrected chi connectivity index (χ0v) is 12.6. The van der Waals surface area contributed by atoms with Crippen molar-refractivity contribution < 1.29 is 14.3 Å². The minimum absolute atomic E-state index is 0.100. The summed E-state index contributed by atoms with van der Waals surface area (Å²) in [4.78, 5) is 23.2. The third kappa shape index (κ3) is 3.56. The van der Waals surface area contributed by atoms with Crippen molar-refractivity contribution in [3.8, 4) is 0 Å². The summed E-state index contributed by atoms with van der Waals surface area (Å²) in [6, 6.07) is 5.12. The molecule has 20 heavy (non-hydrogen) atoms. The van der Waals surface area contributed by atoms with Gasteiger partial charge in [0, 0.05) is 29.4 Å². The number of halogens is 1. The van der Waals surface area contributed by atoms with E-state index in [1.54, 1.807) is 7.11 Å². The SMILES string of the molecule is COCc1c(Br)cccc1NC(=O)C1CNC(=O)CN1. The number of hydrogen-bond acceptors (Lipinski definition) is 4. The molecule has 3 N–H and O–H groups in total. The summed E-state index contributed by atoms with van der Waals surface area (Å²) in [5.41, 5.74) is 1.58. The Morgan fingerprint density at radius 3 is 3.00 bits per heavy atom. The highest BCUT2D eigenvalue weighted by atomic mass is 79.9. The number of benzene rings is 1. The molecular weight excluding hydrogens is 326 g/mol. The molecule has 2 amide bonds. The molecule has 1 aliphatic heterocycles. The van der Waals surface area contributed by atoms with Crippen molar-refractivity contribution in [2.45, 2.75) is 12.6 Å². The van der Waals surface area contributed by atoms with Gasteiger partial charge in [0.25, 0.3) is 0 Å². The van der Waals surface area contributed by atoms with E-state index < -0.39 is 6.04 Å². The lowest BCUT2D eigenvalue weighted by Gasteiger charge is -2.23. The van der Waals surface area contributed by atoms with E-state index in [-0.39, 0.29) is 24.9 Å². The fourth-order valence-corrected chi connectivity index (χ4v) is 2.42. The second kappa shape index (κ2) is 6.83. The minimum atomic E-state index is -0.429. The Labute approximate surface area is 125 Å². The van der Waals surface area contributed by atoms with Gasteiger partial charge in [-0.25, -0.2) is 0 Å². The fraction of sp³-hybridized carbons (Fsp3) is 0.385. The second-order valence-corrected chi connectivity index (χ2v) is 5.28. The predicted octanol–water partition coefficient (Wildman–Crippen LogP) is 0.622. The van der Waals surface area contributed by atoms with E-state index in [4.69, 9.17) is 4.74 Å². The van der Waals surface area contributed by atoms with Gasteiger partial charge < -0.3 is 15.4 Å². The van der Waals surface area contributed by atoms with Crippen molar-refractivity contribution in [1.82, 2.24) is 10.6 Å². The summed E-state index contributed by atoms with van der Waals surface area (Å²) in [5, 5.41) is 8.40. The van der Waals surface area contributed by atoms with Gasteiger partial charge in [-0.1, -0.05) is 22.0 Å². The van der Waals surface area contributed by atoms with Crippen molar-refractivity contribution in [2.24, 2.45) is 0 Å². The molecule has 2 rings (SSSR count). The summed E-state index contributed by atoms with van der Waals surface area (Å²) in [6.45, 7) is 0.839. The highest BCUT2D eigenvalue weighted by Gasteiger charge is 2.24. The molecule has 6 nitrogen and oxygen atoms in total. The van der Waals surface area contributed by atoms with Crippen LogP contribution in [0.5, 0.6) is 0 Å². The molecule has 0 bridgehead atoms. The maximum atomic E-state index is 12.2. The first-order chi connectivity index (χ1) is 9.61. The van der Waals surface area contributed by atoms with Crippen LogP contribution in [-0.4, -0.2) is 38.1 Å². The van der Waals surface area contributed by atoms with Gasteiger partial charge in [-0.2, -0.15) is 0 Å². The fourth-order valence-electron chi connectivity index (χ4n) is 1.94. The number of rotatable bonds is 4. The number of methoxy groups -OCH3 is 1. The minimum Gasteiger partial charge on any atom is -0.380 e. The number of carbonyl (C=O) groups excluding carboxylic acids is 2. The predicted molar refractivity (Wildman–Crippen MR) is 78.3 cm³/mol. The van der Waals surface area contributed by atoms with E-state index in [1.165, 1.54) is 0 Å². The van der Waals surface area contributed by atoms with Gasteiger partial charge in [0.15, 0.2) is 0 Å². The van der Waals surface area contributed by atoms with E-state index >= 15 is 0 Å². The van der Waals surface area contributed by atoms with Crippen LogP contribution in [-0.2, 0) is 20.9 Å². The largest absolute Gasteiger partial charge is 0.380 e. The molecule has 0 aliphatic carbocycles. The number of nitrogens with one attached hydrogen (secondary N) is 3. The van der Waals surface area contributed by atoms with E-state index in [0.29, 0.717) is 12.3 Å². The van der Waals surface area contributed by atoms with Crippen LogP contribution in [0.3, 0.4) is 0 Å². The van der Waals surface area contributed by atoms with Crippen LogP contribution in [0.25, 0.3) is 0 Å². The molecule has 7 heteroatoms. The van der Waals surface area contributed by atoms with E-state index in [0.717, 1.165) is 10.0 Å². The number of amides is 2. The Bertz CT molecular complexity index is 512. The molecule has 1 saturated heterocycles. The lowest BCUT2D eigenvalue weighted by molar-refractivity contribution is -0.124. The Kier molecular flexibility index (Phi) is 5.11. The van der Waals surface area contributed by atoms with E-state index in [2.05, 4.69) is 31.9 Å². The summed E-state index contributed by atoms with van der Waals surface area (Å²) in [5.74, 6) is -0.281. The number of carbonyl (C=O) groups is 2. The molecule has 0 spiro atoms. The zero-order chi connectivity index (χ0) is 14.5. The topological polar surface area (TPSA) is 79.5 Å². The molecule has 1 atom stereocenters.